The molecule has 0 radical (unpaired) electrons. The molecule has 0 aliphatic rings. The summed E-state index contributed by atoms with van der Waals surface area (Å²) in [6.45, 7) is 1.63. The van der Waals surface area contributed by atoms with Gasteiger partial charge in [-0.15, -0.1) is 0 Å². The predicted molar refractivity (Wildman–Crippen MR) is 103 cm³/mol. The number of hydrogen-bond acceptors (Lipinski definition) is 6. The standard InChI is InChI=1S/C18H19N3O6S/c1-12-4-7-14(8-5-12)19-17(22)11-20(2)18(23)13-6-9-16(28(3,26)27)15(10-13)21(24)25/h4-10H,11H2,1-3H3,(H,19,22). The van der Waals surface area contributed by atoms with Crippen LogP contribution in [0.1, 0.15) is 15.9 Å². The number of nitro benzene ring substituents is 1. The normalized spacial score (nSPS) is 11.0. The average molecular weight is 405 g/mol. The van der Waals surface area contributed by atoms with Gasteiger partial charge in [-0.1, -0.05) is 17.7 Å². The molecule has 2 rings (SSSR count). The molecule has 0 aliphatic carbocycles. The number of carbonyl (C=O) groups excluding carboxylic acids is 2. The Morgan fingerprint density at radius 1 is 1.14 bits per heavy atom. The molecule has 0 aliphatic heterocycles. The molecule has 0 atom stereocenters. The molecule has 0 unspecified atom stereocenters. The van der Waals surface area contributed by atoms with Gasteiger partial charge in [0.15, 0.2) is 9.84 Å². The van der Waals surface area contributed by atoms with Gasteiger partial charge >= 0.3 is 0 Å². The number of rotatable bonds is 6. The molecule has 0 aromatic heterocycles. The Hall–Kier alpha value is -3.27. The molecule has 0 heterocycles. The lowest BCUT2D eigenvalue weighted by Gasteiger charge is -2.17. The second-order valence-electron chi connectivity index (χ2n) is 6.29. The first-order chi connectivity index (χ1) is 13.0. The van der Waals surface area contributed by atoms with E-state index in [1.54, 1.807) is 12.1 Å². The summed E-state index contributed by atoms with van der Waals surface area (Å²) >= 11 is 0. The first-order valence-electron chi connectivity index (χ1n) is 8.09. The second kappa shape index (κ2) is 8.17. The number of amides is 2. The number of sulfone groups is 1. The fraction of sp³-hybridized carbons (Fsp3) is 0.222. The van der Waals surface area contributed by atoms with Gasteiger partial charge in [0, 0.05) is 30.6 Å². The van der Waals surface area contributed by atoms with Crippen LogP contribution in [0.2, 0.25) is 0 Å². The number of aryl methyl sites for hydroxylation is 1. The number of nitrogens with zero attached hydrogens (tertiary/aromatic N) is 2. The van der Waals surface area contributed by atoms with Crippen LogP contribution in [0.3, 0.4) is 0 Å². The minimum Gasteiger partial charge on any atom is -0.332 e. The molecule has 148 valence electrons. The van der Waals surface area contributed by atoms with E-state index >= 15 is 0 Å². The van der Waals surface area contributed by atoms with E-state index in [2.05, 4.69) is 5.32 Å². The molecule has 1 N–H and O–H groups in total. The highest BCUT2D eigenvalue weighted by atomic mass is 32.2. The smallest absolute Gasteiger partial charge is 0.288 e. The molecule has 0 saturated heterocycles. The van der Waals surface area contributed by atoms with Gasteiger partial charge in [0.1, 0.15) is 4.90 Å². The van der Waals surface area contributed by atoms with E-state index in [4.69, 9.17) is 0 Å². The van der Waals surface area contributed by atoms with Crippen molar-refractivity contribution in [3.63, 3.8) is 0 Å². The first-order valence-corrected chi connectivity index (χ1v) is 9.98. The molecule has 10 heteroatoms. The third kappa shape index (κ3) is 5.13. The Labute approximate surface area is 162 Å². The maximum absolute atomic E-state index is 12.5. The van der Waals surface area contributed by atoms with Gasteiger partial charge in [-0.3, -0.25) is 19.7 Å². The van der Waals surface area contributed by atoms with Gasteiger partial charge < -0.3 is 10.2 Å². The van der Waals surface area contributed by atoms with Crippen LogP contribution < -0.4 is 5.32 Å². The highest BCUT2D eigenvalue weighted by Gasteiger charge is 2.25. The topological polar surface area (TPSA) is 127 Å². The summed E-state index contributed by atoms with van der Waals surface area (Å²) in [4.78, 5) is 35.5. The van der Waals surface area contributed by atoms with Gasteiger partial charge in [-0.25, -0.2) is 8.42 Å². The fourth-order valence-electron chi connectivity index (χ4n) is 2.45. The Morgan fingerprint density at radius 2 is 1.75 bits per heavy atom. The quantitative estimate of drug-likeness (QED) is 0.579. The summed E-state index contributed by atoms with van der Waals surface area (Å²) in [5.41, 5.74) is 0.824. The van der Waals surface area contributed by atoms with Crippen LogP contribution in [0.4, 0.5) is 11.4 Å². The minimum absolute atomic E-state index is 0.0928. The summed E-state index contributed by atoms with van der Waals surface area (Å²) in [7, 11) is -2.46. The number of carbonyl (C=O) groups is 2. The zero-order valence-corrected chi connectivity index (χ0v) is 16.3. The van der Waals surface area contributed by atoms with E-state index in [1.807, 2.05) is 19.1 Å². The number of likely N-dealkylation sites (N-methyl/N-ethyl adjacent to an activating group) is 1. The van der Waals surface area contributed by atoms with E-state index in [0.717, 1.165) is 28.9 Å². The number of anilines is 1. The van der Waals surface area contributed by atoms with Crippen molar-refractivity contribution in [3.8, 4) is 0 Å². The van der Waals surface area contributed by atoms with E-state index in [0.29, 0.717) is 5.69 Å². The molecular formula is C18H19N3O6S. The van der Waals surface area contributed by atoms with Crippen LogP contribution in [-0.2, 0) is 14.6 Å². The zero-order chi connectivity index (χ0) is 21.1. The third-order valence-electron chi connectivity index (χ3n) is 3.86. The van der Waals surface area contributed by atoms with Crippen molar-refractivity contribution >= 4 is 33.0 Å². The number of hydrogen-bond donors (Lipinski definition) is 1. The SMILES string of the molecule is Cc1ccc(NC(=O)CN(C)C(=O)c2ccc(S(C)(=O)=O)c([N+](=O)[O-])c2)cc1. The highest BCUT2D eigenvalue weighted by Crippen LogP contribution is 2.25. The number of benzene rings is 2. The van der Waals surface area contributed by atoms with Gasteiger partial charge in [0.25, 0.3) is 11.6 Å². The van der Waals surface area contributed by atoms with E-state index in [1.165, 1.54) is 13.1 Å². The van der Waals surface area contributed by atoms with Crippen LogP contribution in [0.15, 0.2) is 47.4 Å². The molecule has 2 aromatic rings. The summed E-state index contributed by atoms with van der Waals surface area (Å²) < 4.78 is 23.3. The van der Waals surface area contributed by atoms with Crippen molar-refractivity contribution in [2.24, 2.45) is 0 Å². The highest BCUT2D eigenvalue weighted by molar-refractivity contribution is 7.90. The molecule has 9 nitrogen and oxygen atoms in total. The molecule has 28 heavy (non-hydrogen) atoms. The van der Waals surface area contributed by atoms with Crippen molar-refractivity contribution in [1.82, 2.24) is 4.90 Å². The Kier molecular flexibility index (Phi) is 6.14. The average Bonchev–Trinajstić information content (AvgIpc) is 2.61. The van der Waals surface area contributed by atoms with Crippen LogP contribution in [0.25, 0.3) is 0 Å². The summed E-state index contributed by atoms with van der Waals surface area (Å²) in [5, 5.41) is 13.8. The fourth-order valence-corrected chi connectivity index (χ4v) is 3.28. The van der Waals surface area contributed by atoms with Gasteiger partial charge in [0.2, 0.25) is 5.91 Å². The van der Waals surface area contributed by atoms with Crippen LogP contribution in [-0.4, -0.2) is 49.9 Å². The molecular weight excluding hydrogens is 386 g/mol. The van der Waals surface area contributed by atoms with Crippen LogP contribution in [0.5, 0.6) is 0 Å². The van der Waals surface area contributed by atoms with Crippen molar-refractivity contribution < 1.29 is 22.9 Å². The Balaban J connectivity index is 2.16. The lowest BCUT2D eigenvalue weighted by atomic mass is 10.1. The molecule has 0 saturated carbocycles. The predicted octanol–water partition coefficient (Wildman–Crippen LogP) is 2.02. The lowest BCUT2D eigenvalue weighted by molar-refractivity contribution is -0.387. The zero-order valence-electron chi connectivity index (χ0n) is 15.5. The summed E-state index contributed by atoms with van der Waals surface area (Å²) in [6, 6.07) is 10.2. The maximum Gasteiger partial charge on any atom is 0.288 e. The number of nitro groups is 1. The van der Waals surface area contributed by atoms with Crippen molar-refractivity contribution in [2.45, 2.75) is 11.8 Å². The third-order valence-corrected chi connectivity index (χ3v) is 5.01. The monoisotopic (exact) mass is 405 g/mol. The van der Waals surface area contributed by atoms with Crippen molar-refractivity contribution in [2.75, 3.05) is 25.2 Å². The van der Waals surface area contributed by atoms with Crippen LogP contribution >= 0.6 is 0 Å². The second-order valence-corrected chi connectivity index (χ2v) is 8.27. The molecule has 0 fully saturated rings. The van der Waals surface area contributed by atoms with Gasteiger partial charge in [-0.2, -0.15) is 0 Å². The van der Waals surface area contributed by atoms with Crippen molar-refractivity contribution in [1.29, 1.82) is 0 Å². The Morgan fingerprint density at radius 3 is 2.29 bits per heavy atom. The molecule has 2 aromatic carbocycles. The molecule has 0 spiro atoms. The minimum atomic E-state index is -3.83. The summed E-state index contributed by atoms with van der Waals surface area (Å²) in [6.07, 6.45) is 0.846. The molecule has 2 amide bonds. The van der Waals surface area contributed by atoms with Crippen LogP contribution in [0, 0.1) is 17.0 Å². The van der Waals surface area contributed by atoms with Gasteiger partial charge in [-0.05, 0) is 31.2 Å². The molecule has 0 bridgehead atoms. The Bertz CT molecular complexity index is 1030. The van der Waals surface area contributed by atoms with Gasteiger partial charge in [0.05, 0.1) is 11.5 Å². The maximum atomic E-state index is 12.5. The van der Waals surface area contributed by atoms with E-state index in [9.17, 15) is 28.1 Å². The van der Waals surface area contributed by atoms with Crippen molar-refractivity contribution in [3.05, 3.63) is 63.7 Å². The van der Waals surface area contributed by atoms with E-state index in [-0.39, 0.29) is 12.1 Å². The lowest BCUT2D eigenvalue weighted by Crippen LogP contribution is -2.35. The number of nitrogens with one attached hydrogen (secondary N) is 1. The largest absolute Gasteiger partial charge is 0.332 e. The van der Waals surface area contributed by atoms with E-state index < -0.39 is 37.2 Å². The first kappa shape index (κ1) is 21.0. The summed E-state index contributed by atoms with van der Waals surface area (Å²) in [5.74, 6) is -1.09.